The van der Waals surface area contributed by atoms with Crippen LogP contribution in [0, 0.1) is 6.92 Å². The molecule has 0 amide bonds. The highest BCUT2D eigenvalue weighted by molar-refractivity contribution is 5.89. The normalized spacial score (nSPS) is 16.0. The summed E-state index contributed by atoms with van der Waals surface area (Å²) in [6.45, 7) is 8.05. The van der Waals surface area contributed by atoms with Crippen LogP contribution in [0.5, 0.6) is 11.5 Å². The molecule has 0 spiro atoms. The van der Waals surface area contributed by atoms with E-state index < -0.39 is 0 Å². The third kappa shape index (κ3) is 4.48. The highest BCUT2D eigenvalue weighted by atomic mass is 16.5. The lowest BCUT2D eigenvalue weighted by Gasteiger charge is -2.22. The molecule has 3 heterocycles. The van der Waals surface area contributed by atoms with Crippen molar-refractivity contribution < 1.29 is 14.2 Å². The molecule has 0 bridgehead atoms. The number of fused-ring (bicyclic) bond motifs is 1. The summed E-state index contributed by atoms with van der Waals surface area (Å²) >= 11 is 0. The maximum absolute atomic E-state index is 5.63. The summed E-state index contributed by atoms with van der Waals surface area (Å²) in [4.78, 5) is 8.96. The lowest BCUT2D eigenvalue weighted by molar-refractivity contribution is 0.0562. The minimum Gasteiger partial charge on any atom is -0.497 e. The Bertz CT molecular complexity index is 967. The molecule has 0 radical (unpaired) electrons. The third-order valence-electron chi connectivity index (χ3n) is 5.09. The van der Waals surface area contributed by atoms with Gasteiger partial charge >= 0.3 is 0 Å². The predicted molar refractivity (Wildman–Crippen MR) is 117 cm³/mol. The second-order valence-electron chi connectivity index (χ2n) is 6.85. The first-order chi connectivity index (χ1) is 14.7. The Kier molecular flexibility index (Phi) is 7.46. The fourth-order valence-corrected chi connectivity index (χ4v) is 3.62. The van der Waals surface area contributed by atoms with Crippen LogP contribution in [0.1, 0.15) is 44.0 Å². The topological polar surface area (TPSA) is 83.3 Å². The number of nitrogens with one attached hydrogen (secondary N) is 1. The van der Waals surface area contributed by atoms with Crippen LogP contribution < -0.4 is 14.8 Å². The summed E-state index contributed by atoms with van der Waals surface area (Å²) in [5.41, 5.74) is 2.76. The predicted octanol–water partition coefficient (Wildman–Crippen LogP) is 4.14. The number of hydrogen-bond donors (Lipinski definition) is 1. The van der Waals surface area contributed by atoms with E-state index in [1.807, 2.05) is 43.7 Å². The van der Waals surface area contributed by atoms with E-state index in [0.717, 1.165) is 59.1 Å². The minimum atomic E-state index is 0.217. The number of nitrogens with zero attached hydrogens (tertiary/aromatic N) is 4. The van der Waals surface area contributed by atoms with Crippen molar-refractivity contribution in [3.05, 3.63) is 35.8 Å². The van der Waals surface area contributed by atoms with E-state index >= 15 is 0 Å². The molecular formula is C22H31N5O3. The van der Waals surface area contributed by atoms with Crippen molar-refractivity contribution in [3.63, 3.8) is 0 Å². The van der Waals surface area contributed by atoms with E-state index in [0.29, 0.717) is 13.2 Å². The average Bonchev–Trinajstić information content (AvgIpc) is 3.16. The van der Waals surface area contributed by atoms with Crippen LogP contribution in [0.25, 0.3) is 11.0 Å². The number of ether oxygens (including phenoxy) is 3. The maximum Gasteiger partial charge on any atom is 0.163 e. The summed E-state index contributed by atoms with van der Waals surface area (Å²) in [7, 11) is 3.30. The monoisotopic (exact) mass is 413 g/mol. The zero-order chi connectivity index (χ0) is 21.5. The lowest BCUT2D eigenvalue weighted by Crippen LogP contribution is -2.22. The van der Waals surface area contributed by atoms with Gasteiger partial charge in [-0.3, -0.25) is 0 Å². The summed E-state index contributed by atoms with van der Waals surface area (Å²) in [5.74, 6) is 2.30. The molecule has 8 nitrogen and oxygen atoms in total. The van der Waals surface area contributed by atoms with Crippen molar-refractivity contribution in [1.82, 2.24) is 19.7 Å². The van der Waals surface area contributed by atoms with Gasteiger partial charge in [0.2, 0.25) is 0 Å². The van der Waals surface area contributed by atoms with Crippen LogP contribution in [0.2, 0.25) is 0 Å². The Labute approximate surface area is 177 Å². The lowest BCUT2D eigenvalue weighted by atomic mass is 10.1. The van der Waals surface area contributed by atoms with Gasteiger partial charge in [0, 0.05) is 24.8 Å². The molecule has 1 N–H and O–H groups in total. The van der Waals surface area contributed by atoms with Crippen molar-refractivity contribution in [2.75, 3.05) is 32.8 Å². The number of benzene rings is 1. The molecule has 3 aromatic rings. The van der Waals surface area contributed by atoms with Gasteiger partial charge < -0.3 is 19.5 Å². The standard InChI is InChI=1S/C20H25N5O3.C2H6/c1-13-18-19(21-10-14-6-7-16(26-2)9-17(14)27-3)22-12-23-20(18)25(24-13)15-5-4-8-28-11-15;1-2/h6-7,9,12,15H,4-5,8,10-11H2,1-3H3,(H,21,22,23);1-2H3. The molecule has 2 aromatic heterocycles. The molecule has 30 heavy (non-hydrogen) atoms. The quantitative estimate of drug-likeness (QED) is 0.650. The second kappa shape index (κ2) is 10.2. The fraction of sp³-hybridized carbons (Fsp3) is 0.500. The molecule has 1 aliphatic heterocycles. The summed E-state index contributed by atoms with van der Waals surface area (Å²) in [6, 6.07) is 5.99. The number of methoxy groups -OCH3 is 2. The largest absolute Gasteiger partial charge is 0.497 e. The van der Waals surface area contributed by atoms with Crippen LogP contribution in [-0.4, -0.2) is 47.2 Å². The highest BCUT2D eigenvalue weighted by Crippen LogP contribution is 2.30. The Morgan fingerprint density at radius 1 is 1.20 bits per heavy atom. The van der Waals surface area contributed by atoms with Crippen LogP contribution >= 0.6 is 0 Å². The Morgan fingerprint density at radius 3 is 2.73 bits per heavy atom. The van der Waals surface area contributed by atoms with Gasteiger partial charge in [0.05, 0.1) is 37.9 Å². The van der Waals surface area contributed by atoms with Gasteiger partial charge in [0.15, 0.2) is 5.65 Å². The Balaban J connectivity index is 0.00000124. The molecule has 1 saturated heterocycles. The summed E-state index contributed by atoms with van der Waals surface area (Å²) < 4.78 is 18.4. The number of anilines is 1. The van der Waals surface area contributed by atoms with Crippen molar-refractivity contribution >= 4 is 16.9 Å². The van der Waals surface area contributed by atoms with Crippen LogP contribution in [0.15, 0.2) is 24.5 Å². The summed E-state index contributed by atoms with van der Waals surface area (Å²) in [6.07, 6.45) is 3.67. The van der Waals surface area contributed by atoms with Crippen molar-refractivity contribution in [2.45, 2.75) is 46.2 Å². The first kappa shape index (κ1) is 21.8. The SMILES string of the molecule is CC.COc1ccc(CNc2ncnc3c2c(C)nn3C2CCCOC2)c(OC)c1. The number of aromatic nitrogens is 4. The second-order valence-corrected chi connectivity index (χ2v) is 6.85. The maximum atomic E-state index is 5.63. The Hall–Kier alpha value is -2.87. The van der Waals surface area contributed by atoms with E-state index in [4.69, 9.17) is 19.3 Å². The Morgan fingerprint density at radius 2 is 2.03 bits per heavy atom. The molecule has 0 aliphatic carbocycles. The molecule has 1 aliphatic rings. The van der Waals surface area contributed by atoms with Gasteiger partial charge in [-0.05, 0) is 31.9 Å². The molecule has 4 rings (SSSR count). The molecule has 1 atom stereocenters. The average molecular weight is 414 g/mol. The smallest absolute Gasteiger partial charge is 0.163 e. The molecule has 1 unspecified atom stereocenters. The number of hydrogen-bond acceptors (Lipinski definition) is 7. The first-order valence-corrected chi connectivity index (χ1v) is 10.4. The van der Waals surface area contributed by atoms with Gasteiger partial charge in [-0.1, -0.05) is 13.8 Å². The molecule has 1 aromatic carbocycles. The van der Waals surface area contributed by atoms with Crippen LogP contribution in [0.3, 0.4) is 0 Å². The zero-order valence-electron chi connectivity index (χ0n) is 18.4. The fourth-order valence-electron chi connectivity index (χ4n) is 3.62. The van der Waals surface area contributed by atoms with Crippen LogP contribution in [0.4, 0.5) is 5.82 Å². The van der Waals surface area contributed by atoms with Gasteiger partial charge in [-0.2, -0.15) is 5.10 Å². The van der Waals surface area contributed by atoms with Gasteiger partial charge in [-0.15, -0.1) is 0 Å². The molecule has 8 heteroatoms. The van der Waals surface area contributed by atoms with Crippen molar-refractivity contribution in [1.29, 1.82) is 0 Å². The summed E-state index contributed by atoms with van der Waals surface area (Å²) in [5, 5.41) is 9.10. The van der Waals surface area contributed by atoms with Crippen molar-refractivity contribution in [2.24, 2.45) is 0 Å². The van der Waals surface area contributed by atoms with Gasteiger partial charge in [0.25, 0.3) is 0 Å². The first-order valence-electron chi connectivity index (χ1n) is 10.4. The minimum absolute atomic E-state index is 0.217. The molecular weight excluding hydrogens is 382 g/mol. The van der Waals surface area contributed by atoms with E-state index in [1.165, 1.54) is 0 Å². The van der Waals surface area contributed by atoms with E-state index in [9.17, 15) is 0 Å². The molecule has 0 saturated carbocycles. The van der Waals surface area contributed by atoms with E-state index in [1.54, 1.807) is 20.5 Å². The third-order valence-corrected chi connectivity index (χ3v) is 5.09. The number of aryl methyl sites for hydroxylation is 1. The zero-order valence-corrected chi connectivity index (χ0v) is 18.4. The van der Waals surface area contributed by atoms with Crippen molar-refractivity contribution in [3.8, 4) is 11.5 Å². The van der Waals surface area contributed by atoms with Gasteiger partial charge in [0.1, 0.15) is 23.6 Å². The van der Waals surface area contributed by atoms with E-state index in [-0.39, 0.29) is 6.04 Å². The number of rotatable bonds is 6. The molecule has 1 fully saturated rings. The molecule has 162 valence electrons. The highest BCUT2D eigenvalue weighted by Gasteiger charge is 2.22. The van der Waals surface area contributed by atoms with Gasteiger partial charge in [-0.25, -0.2) is 14.6 Å². The van der Waals surface area contributed by atoms with Crippen LogP contribution in [-0.2, 0) is 11.3 Å². The van der Waals surface area contributed by atoms with E-state index in [2.05, 4.69) is 15.3 Å².